The van der Waals surface area contributed by atoms with Gasteiger partial charge in [-0.25, -0.2) is 0 Å². The number of rotatable bonds is 4. The normalized spacial score (nSPS) is 16.3. The zero-order valence-electron chi connectivity index (χ0n) is 11.4. The van der Waals surface area contributed by atoms with Gasteiger partial charge >= 0.3 is 0 Å². The van der Waals surface area contributed by atoms with Crippen LogP contribution in [0.3, 0.4) is 0 Å². The molecule has 19 heavy (non-hydrogen) atoms. The monoisotopic (exact) mass is 259 g/mol. The van der Waals surface area contributed by atoms with Crippen LogP contribution >= 0.6 is 0 Å². The first kappa shape index (κ1) is 13.7. The number of nitrogens with two attached hydrogens (primary N) is 1. The van der Waals surface area contributed by atoms with Crippen LogP contribution in [-0.4, -0.2) is 26.8 Å². The molecule has 1 aliphatic heterocycles. The third-order valence-corrected chi connectivity index (χ3v) is 3.83. The van der Waals surface area contributed by atoms with Crippen molar-refractivity contribution >= 4 is 11.4 Å². The topological polar surface area (TPSA) is 62.3 Å². The Labute approximate surface area is 114 Å². The first-order chi connectivity index (χ1) is 9.24. The number of hydrogen-bond donors (Lipinski definition) is 1. The molecular formula is C15H21N3O. The number of benzene rings is 1. The van der Waals surface area contributed by atoms with Gasteiger partial charge in [0.25, 0.3) is 0 Å². The molecule has 0 amide bonds. The van der Waals surface area contributed by atoms with Crippen LogP contribution in [0.15, 0.2) is 18.2 Å². The summed E-state index contributed by atoms with van der Waals surface area (Å²) in [7, 11) is 1.75. The van der Waals surface area contributed by atoms with Crippen molar-refractivity contribution in [1.29, 1.82) is 5.26 Å². The van der Waals surface area contributed by atoms with E-state index in [1.165, 1.54) is 12.8 Å². The molecule has 4 nitrogen and oxygen atoms in total. The van der Waals surface area contributed by atoms with E-state index in [1.807, 2.05) is 12.1 Å². The molecule has 4 heteroatoms. The second-order valence-electron chi connectivity index (χ2n) is 5.10. The lowest BCUT2D eigenvalue weighted by atomic mass is 9.93. The molecule has 0 saturated carbocycles. The average molecular weight is 259 g/mol. The van der Waals surface area contributed by atoms with E-state index in [-0.39, 0.29) is 0 Å². The molecule has 0 bridgehead atoms. The maximum absolute atomic E-state index is 9.19. The lowest BCUT2D eigenvalue weighted by Crippen LogP contribution is -2.34. The molecule has 1 aromatic rings. The first-order valence-electron chi connectivity index (χ1n) is 6.78. The Hall–Kier alpha value is -1.73. The summed E-state index contributed by atoms with van der Waals surface area (Å²) in [6.07, 6.45) is 3.47. The van der Waals surface area contributed by atoms with E-state index in [0.29, 0.717) is 11.3 Å². The number of nitriles is 1. The number of nitrogen functional groups attached to an aromatic ring is 1. The highest BCUT2D eigenvalue weighted by Crippen LogP contribution is 2.28. The van der Waals surface area contributed by atoms with E-state index in [9.17, 15) is 5.26 Å². The Morgan fingerprint density at radius 1 is 1.42 bits per heavy atom. The molecule has 0 aromatic heterocycles. The Bertz CT molecular complexity index is 459. The fourth-order valence-corrected chi connectivity index (χ4v) is 2.67. The molecule has 0 unspecified atom stereocenters. The molecule has 1 saturated heterocycles. The van der Waals surface area contributed by atoms with Crippen LogP contribution in [0, 0.1) is 17.2 Å². The third kappa shape index (κ3) is 3.39. The lowest BCUT2D eigenvalue weighted by Gasteiger charge is -2.34. The average Bonchev–Trinajstić information content (AvgIpc) is 2.45. The predicted molar refractivity (Wildman–Crippen MR) is 77.0 cm³/mol. The minimum absolute atomic E-state index is 0.648. The van der Waals surface area contributed by atoms with Crippen LogP contribution in [0.1, 0.15) is 24.8 Å². The van der Waals surface area contributed by atoms with E-state index >= 15 is 0 Å². The largest absolute Gasteiger partial charge is 0.399 e. The van der Waals surface area contributed by atoms with Gasteiger partial charge in [0.05, 0.1) is 11.3 Å². The summed E-state index contributed by atoms with van der Waals surface area (Å²) >= 11 is 0. The predicted octanol–water partition coefficient (Wildman–Crippen LogP) is 2.39. The van der Waals surface area contributed by atoms with Crippen molar-refractivity contribution in [3.05, 3.63) is 23.8 Å². The van der Waals surface area contributed by atoms with Crippen molar-refractivity contribution in [2.24, 2.45) is 5.92 Å². The molecule has 0 spiro atoms. The van der Waals surface area contributed by atoms with Gasteiger partial charge in [-0.3, -0.25) is 0 Å². The van der Waals surface area contributed by atoms with Crippen LogP contribution in [0.5, 0.6) is 0 Å². The summed E-state index contributed by atoms with van der Waals surface area (Å²) in [5.41, 5.74) is 8.07. The lowest BCUT2D eigenvalue weighted by molar-refractivity contribution is 0.170. The van der Waals surface area contributed by atoms with Crippen molar-refractivity contribution in [2.75, 3.05) is 37.4 Å². The van der Waals surface area contributed by atoms with Crippen molar-refractivity contribution in [1.82, 2.24) is 0 Å². The van der Waals surface area contributed by atoms with Gasteiger partial charge in [0.1, 0.15) is 6.07 Å². The molecule has 2 N–H and O–H groups in total. The third-order valence-electron chi connectivity index (χ3n) is 3.83. The number of ether oxygens (including phenoxy) is 1. The van der Waals surface area contributed by atoms with Crippen molar-refractivity contribution in [3.8, 4) is 6.07 Å². The van der Waals surface area contributed by atoms with Crippen LogP contribution in [0.4, 0.5) is 11.4 Å². The summed E-state index contributed by atoms with van der Waals surface area (Å²) in [6.45, 7) is 2.86. The second kappa shape index (κ2) is 6.44. The van der Waals surface area contributed by atoms with Gasteiger partial charge in [-0.15, -0.1) is 0 Å². The minimum atomic E-state index is 0.648. The van der Waals surface area contributed by atoms with E-state index < -0.39 is 0 Å². The van der Waals surface area contributed by atoms with Gasteiger partial charge in [-0.2, -0.15) is 5.26 Å². The summed E-state index contributed by atoms with van der Waals surface area (Å²) in [6, 6.07) is 7.82. The molecule has 102 valence electrons. The minimum Gasteiger partial charge on any atom is -0.399 e. The number of hydrogen-bond acceptors (Lipinski definition) is 4. The molecule has 1 fully saturated rings. The van der Waals surface area contributed by atoms with Gasteiger partial charge in [0.2, 0.25) is 0 Å². The number of anilines is 2. The van der Waals surface area contributed by atoms with E-state index in [4.69, 9.17) is 10.5 Å². The SMILES string of the molecule is COCCC1CCN(c2ccc(N)cc2C#N)CC1. The number of methoxy groups -OCH3 is 1. The fourth-order valence-electron chi connectivity index (χ4n) is 2.67. The van der Waals surface area contributed by atoms with Crippen LogP contribution in [0.25, 0.3) is 0 Å². The highest BCUT2D eigenvalue weighted by Gasteiger charge is 2.20. The Morgan fingerprint density at radius 2 is 2.16 bits per heavy atom. The molecule has 1 aromatic carbocycles. The quantitative estimate of drug-likeness (QED) is 0.843. The van der Waals surface area contributed by atoms with Crippen LogP contribution in [-0.2, 0) is 4.74 Å². The maximum Gasteiger partial charge on any atom is 0.101 e. The zero-order chi connectivity index (χ0) is 13.7. The number of piperidine rings is 1. The fraction of sp³-hybridized carbons (Fsp3) is 0.533. The summed E-state index contributed by atoms with van der Waals surface area (Å²) in [5, 5.41) is 9.19. The van der Waals surface area contributed by atoms with Crippen molar-refractivity contribution in [3.63, 3.8) is 0 Å². The van der Waals surface area contributed by atoms with E-state index in [1.54, 1.807) is 13.2 Å². The molecule has 1 heterocycles. The second-order valence-corrected chi connectivity index (χ2v) is 5.10. The smallest absolute Gasteiger partial charge is 0.101 e. The van der Waals surface area contributed by atoms with Gasteiger partial charge in [-0.05, 0) is 43.4 Å². The maximum atomic E-state index is 9.19. The first-order valence-corrected chi connectivity index (χ1v) is 6.78. The highest BCUT2D eigenvalue weighted by atomic mass is 16.5. The molecular weight excluding hydrogens is 238 g/mol. The van der Waals surface area contributed by atoms with E-state index in [2.05, 4.69) is 11.0 Å². The highest BCUT2D eigenvalue weighted by molar-refractivity contribution is 5.64. The standard InChI is InChI=1S/C15H21N3O/c1-19-9-6-12-4-7-18(8-5-12)15-3-2-14(17)10-13(15)11-16/h2-3,10,12H,4-9,17H2,1H3. The number of nitrogens with zero attached hydrogens (tertiary/aromatic N) is 2. The summed E-state index contributed by atoms with van der Waals surface area (Å²) in [4.78, 5) is 2.29. The molecule has 0 atom stereocenters. The van der Waals surface area contributed by atoms with E-state index in [0.717, 1.165) is 37.7 Å². The van der Waals surface area contributed by atoms with Crippen molar-refractivity contribution in [2.45, 2.75) is 19.3 Å². The van der Waals surface area contributed by atoms with Crippen LogP contribution < -0.4 is 10.6 Å². The molecule has 0 radical (unpaired) electrons. The molecule has 0 aliphatic carbocycles. The summed E-state index contributed by atoms with van der Waals surface area (Å²) < 4.78 is 5.14. The Balaban J connectivity index is 2.00. The van der Waals surface area contributed by atoms with Gasteiger partial charge in [0.15, 0.2) is 0 Å². The Morgan fingerprint density at radius 3 is 2.79 bits per heavy atom. The zero-order valence-corrected chi connectivity index (χ0v) is 11.4. The van der Waals surface area contributed by atoms with Gasteiger partial charge in [0, 0.05) is 32.5 Å². The summed E-state index contributed by atoms with van der Waals surface area (Å²) in [5.74, 6) is 0.746. The van der Waals surface area contributed by atoms with Gasteiger partial charge in [-0.1, -0.05) is 0 Å². The Kier molecular flexibility index (Phi) is 4.64. The van der Waals surface area contributed by atoms with Gasteiger partial charge < -0.3 is 15.4 Å². The van der Waals surface area contributed by atoms with Crippen LogP contribution in [0.2, 0.25) is 0 Å². The molecule has 1 aliphatic rings. The van der Waals surface area contributed by atoms with Crippen molar-refractivity contribution < 1.29 is 4.74 Å². The molecule has 2 rings (SSSR count).